The van der Waals surface area contributed by atoms with Gasteiger partial charge in [-0.2, -0.15) is 0 Å². The molecule has 0 amide bonds. The monoisotopic (exact) mass is 294 g/mol. The van der Waals surface area contributed by atoms with Crippen LogP contribution in [0.2, 0.25) is 0 Å². The van der Waals surface area contributed by atoms with Crippen molar-refractivity contribution in [1.82, 2.24) is 4.90 Å². The summed E-state index contributed by atoms with van der Waals surface area (Å²) in [6, 6.07) is 4.83. The lowest BCUT2D eigenvalue weighted by molar-refractivity contribution is 0.110. The first kappa shape index (κ1) is 17.6. The van der Waals surface area contributed by atoms with Crippen LogP contribution in [0.1, 0.15) is 11.1 Å². The molecule has 0 aliphatic heterocycles. The van der Waals surface area contributed by atoms with E-state index in [9.17, 15) is 4.39 Å². The fraction of sp³-hybridized carbons (Fsp3) is 0.500. The number of hydrogen-bond donors (Lipinski definition) is 1. The van der Waals surface area contributed by atoms with E-state index in [0.717, 1.165) is 18.7 Å². The summed E-state index contributed by atoms with van der Waals surface area (Å²) in [5, 5.41) is 0. The average Bonchev–Trinajstić information content (AvgIpc) is 2.47. The van der Waals surface area contributed by atoms with E-state index < -0.39 is 0 Å². The van der Waals surface area contributed by atoms with Gasteiger partial charge in [0.25, 0.3) is 0 Å². The molecule has 116 valence electrons. The van der Waals surface area contributed by atoms with Gasteiger partial charge < -0.3 is 15.2 Å². The quantitative estimate of drug-likeness (QED) is 0.733. The molecule has 2 N–H and O–H groups in total. The molecule has 4 nitrogen and oxygen atoms in total. The van der Waals surface area contributed by atoms with Crippen LogP contribution in [0.15, 0.2) is 18.2 Å². The van der Waals surface area contributed by atoms with Gasteiger partial charge in [0.2, 0.25) is 0 Å². The number of methoxy groups -OCH3 is 2. The van der Waals surface area contributed by atoms with Gasteiger partial charge >= 0.3 is 0 Å². The molecule has 0 aliphatic carbocycles. The fourth-order valence-corrected chi connectivity index (χ4v) is 1.94. The topological polar surface area (TPSA) is 47.7 Å². The molecule has 0 radical (unpaired) electrons. The first-order valence-corrected chi connectivity index (χ1v) is 6.88. The molecule has 0 bridgehead atoms. The molecular formula is C16H23FN2O2. The Kier molecular flexibility index (Phi) is 8.63. The maximum atomic E-state index is 13.6. The maximum Gasteiger partial charge on any atom is 0.124 e. The smallest absolute Gasteiger partial charge is 0.124 e. The van der Waals surface area contributed by atoms with Gasteiger partial charge in [-0.05, 0) is 23.8 Å². The minimum absolute atomic E-state index is 0.264. The summed E-state index contributed by atoms with van der Waals surface area (Å²) in [7, 11) is 3.33. The first-order chi connectivity index (χ1) is 10.2. The number of nitrogens with two attached hydrogens (primary N) is 1. The Morgan fingerprint density at radius 3 is 2.38 bits per heavy atom. The van der Waals surface area contributed by atoms with Gasteiger partial charge in [0.1, 0.15) is 5.82 Å². The number of nitrogens with zero attached hydrogens (tertiary/aromatic N) is 1. The Bertz CT molecular complexity index is 475. The largest absolute Gasteiger partial charge is 0.383 e. The van der Waals surface area contributed by atoms with E-state index in [4.69, 9.17) is 15.2 Å². The van der Waals surface area contributed by atoms with Gasteiger partial charge in [0, 0.05) is 39.4 Å². The molecule has 5 heteroatoms. The molecule has 1 rings (SSSR count). The molecule has 0 fully saturated rings. The zero-order valence-electron chi connectivity index (χ0n) is 12.7. The molecule has 0 unspecified atom stereocenters. The normalized spacial score (nSPS) is 10.5. The van der Waals surface area contributed by atoms with Crippen LogP contribution in [0.25, 0.3) is 0 Å². The highest BCUT2D eigenvalue weighted by Gasteiger charge is 2.07. The van der Waals surface area contributed by atoms with E-state index in [1.165, 1.54) is 12.1 Å². The lowest BCUT2D eigenvalue weighted by Gasteiger charge is -2.21. The summed E-state index contributed by atoms with van der Waals surface area (Å²) in [5.74, 6) is 5.32. The predicted molar refractivity (Wildman–Crippen MR) is 81.4 cm³/mol. The Labute approximate surface area is 126 Å². The molecule has 0 saturated carbocycles. The SMILES string of the molecule is COCCN(CCOC)Cc1cc(F)cc(C#CCN)c1. The third-order valence-corrected chi connectivity index (χ3v) is 2.92. The predicted octanol–water partition coefficient (Wildman–Crippen LogP) is 1.23. The van der Waals surface area contributed by atoms with Crippen LogP contribution < -0.4 is 5.73 Å². The van der Waals surface area contributed by atoms with Gasteiger partial charge in [-0.1, -0.05) is 11.8 Å². The zero-order valence-corrected chi connectivity index (χ0v) is 12.7. The second-order valence-electron chi connectivity index (χ2n) is 4.62. The van der Waals surface area contributed by atoms with Crippen molar-refractivity contribution in [3.63, 3.8) is 0 Å². The van der Waals surface area contributed by atoms with Crippen LogP contribution in [0.3, 0.4) is 0 Å². The molecule has 0 atom stereocenters. The van der Waals surface area contributed by atoms with Crippen molar-refractivity contribution in [3.8, 4) is 11.8 Å². The minimum atomic E-state index is -0.285. The standard InChI is InChI=1S/C16H23FN2O2/c1-20-8-6-19(7-9-21-2)13-15-10-14(4-3-5-18)11-16(17)12-15/h10-12H,5-9,13,18H2,1-2H3. The summed E-state index contributed by atoms with van der Waals surface area (Å²) in [6.45, 7) is 3.67. The Morgan fingerprint density at radius 2 is 1.81 bits per heavy atom. The van der Waals surface area contributed by atoms with E-state index in [2.05, 4.69) is 16.7 Å². The maximum absolute atomic E-state index is 13.6. The molecular weight excluding hydrogens is 271 g/mol. The average molecular weight is 294 g/mol. The van der Waals surface area contributed by atoms with Crippen molar-refractivity contribution in [2.24, 2.45) is 5.73 Å². The van der Waals surface area contributed by atoms with Crippen molar-refractivity contribution in [1.29, 1.82) is 0 Å². The third kappa shape index (κ3) is 7.21. The van der Waals surface area contributed by atoms with Crippen LogP contribution in [-0.2, 0) is 16.0 Å². The number of hydrogen-bond acceptors (Lipinski definition) is 4. The molecule has 0 spiro atoms. The van der Waals surface area contributed by atoms with Crippen LogP contribution in [0.5, 0.6) is 0 Å². The molecule has 1 aromatic rings. The van der Waals surface area contributed by atoms with E-state index in [1.54, 1.807) is 14.2 Å². The van der Waals surface area contributed by atoms with Crippen molar-refractivity contribution in [3.05, 3.63) is 35.1 Å². The van der Waals surface area contributed by atoms with Crippen LogP contribution >= 0.6 is 0 Å². The molecule has 1 aromatic carbocycles. The second kappa shape index (κ2) is 10.3. The lowest BCUT2D eigenvalue weighted by atomic mass is 10.1. The third-order valence-electron chi connectivity index (χ3n) is 2.92. The van der Waals surface area contributed by atoms with Gasteiger partial charge in [0.15, 0.2) is 0 Å². The highest BCUT2D eigenvalue weighted by Crippen LogP contribution is 2.11. The number of rotatable bonds is 8. The van der Waals surface area contributed by atoms with Gasteiger partial charge in [-0.3, -0.25) is 4.90 Å². The van der Waals surface area contributed by atoms with Crippen molar-refractivity contribution >= 4 is 0 Å². The van der Waals surface area contributed by atoms with Crippen LogP contribution in [0, 0.1) is 17.7 Å². The van der Waals surface area contributed by atoms with E-state index >= 15 is 0 Å². The van der Waals surface area contributed by atoms with Gasteiger partial charge in [0.05, 0.1) is 19.8 Å². The zero-order chi connectivity index (χ0) is 15.5. The molecule has 21 heavy (non-hydrogen) atoms. The summed E-state index contributed by atoms with van der Waals surface area (Å²) < 4.78 is 23.8. The lowest BCUT2D eigenvalue weighted by Crippen LogP contribution is -2.30. The molecule has 0 heterocycles. The van der Waals surface area contributed by atoms with Gasteiger partial charge in [-0.15, -0.1) is 0 Å². The minimum Gasteiger partial charge on any atom is -0.383 e. The van der Waals surface area contributed by atoms with E-state index in [1.807, 2.05) is 6.07 Å². The molecule has 0 aromatic heterocycles. The van der Waals surface area contributed by atoms with Crippen molar-refractivity contribution in [2.75, 3.05) is 47.1 Å². The number of halogens is 1. The highest BCUT2D eigenvalue weighted by atomic mass is 19.1. The second-order valence-corrected chi connectivity index (χ2v) is 4.62. The van der Waals surface area contributed by atoms with E-state index in [0.29, 0.717) is 25.3 Å². The molecule has 0 aliphatic rings. The fourth-order valence-electron chi connectivity index (χ4n) is 1.94. The summed E-state index contributed by atoms with van der Waals surface area (Å²) in [4.78, 5) is 2.15. The first-order valence-electron chi connectivity index (χ1n) is 6.88. The number of benzene rings is 1. The van der Waals surface area contributed by atoms with Crippen molar-refractivity contribution < 1.29 is 13.9 Å². The highest BCUT2D eigenvalue weighted by molar-refractivity contribution is 5.38. The summed E-state index contributed by atoms with van der Waals surface area (Å²) in [6.07, 6.45) is 0. The molecule has 0 saturated heterocycles. The Hall–Kier alpha value is -1.45. The summed E-state index contributed by atoms with van der Waals surface area (Å²) >= 11 is 0. The van der Waals surface area contributed by atoms with E-state index in [-0.39, 0.29) is 12.4 Å². The Balaban J connectivity index is 2.78. The van der Waals surface area contributed by atoms with Crippen LogP contribution in [-0.4, -0.2) is 52.0 Å². The van der Waals surface area contributed by atoms with Crippen LogP contribution in [0.4, 0.5) is 4.39 Å². The summed E-state index contributed by atoms with van der Waals surface area (Å²) in [5.41, 5.74) is 6.86. The van der Waals surface area contributed by atoms with Gasteiger partial charge in [-0.25, -0.2) is 4.39 Å². The number of ether oxygens (including phenoxy) is 2. The van der Waals surface area contributed by atoms with Crippen molar-refractivity contribution in [2.45, 2.75) is 6.54 Å². The Morgan fingerprint density at radius 1 is 1.14 bits per heavy atom.